The SMILES string of the molecule is O=C1c2ccc3c(ccc4nc5ccccc5cc43)c2C(=O)N1CCCN1CCNCC1. The summed E-state index contributed by atoms with van der Waals surface area (Å²) in [7, 11) is 0. The smallest absolute Gasteiger partial charge is 0.262 e. The van der Waals surface area contributed by atoms with Crippen LogP contribution < -0.4 is 5.32 Å². The van der Waals surface area contributed by atoms with Crippen LogP contribution in [0.5, 0.6) is 0 Å². The van der Waals surface area contributed by atoms with Crippen molar-refractivity contribution in [2.45, 2.75) is 6.42 Å². The minimum atomic E-state index is -0.177. The predicted molar refractivity (Wildman–Crippen MR) is 126 cm³/mol. The fourth-order valence-electron chi connectivity index (χ4n) is 5.03. The highest BCUT2D eigenvalue weighted by Crippen LogP contribution is 2.34. The summed E-state index contributed by atoms with van der Waals surface area (Å²) in [4.78, 5) is 35.0. The summed E-state index contributed by atoms with van der Waals surface area (Å²) in [5.41, 5.74) is 2.88. The van der Waals surface area contributed by atoms with Crippen LogP contribution in [0.3, 0.4) is 0 Å². The number of nitrogens with zero attached hydrogens (tertiary/aromatic N) is 3. The van der Waals surface area contributed by atoms with E-state index in [9.17, 15) is 9.59 Å². The van der Waals surface area contributed by atoms with Crippen molar-refractivity contribution in [3.8, 4) is 0 Å². The van der Waals surface area contributed by atoms with Crippen LogP contribution in [0.4, 0.5) is 0 Å². The zero-order chi connectivity index (χ0) is 21.7. The molecule has 2 aliphatic rings. The zero-order valence-electron chi connectivity index (χ0n) is 17.8. The standard InChI is InChI=1S/C26H24N4O2/c31-25-20-7-6-18-19(8-9-23-21(18)16-17-4-1-2-5-22(17)28-23)24(20)26(32)30(25)13-3-12-29-14-10-27-11-15-29/h1-2,4-9,16,27H,3,10-15H2. The summed E-state index contributed by atoms with van der Waals surface area (Å²) < 4.78 is 0. The highest BCUT2D eigenvalue weighted by atomic mass is 16.2. The van der Waals surface area contributed by atoms with Gasteiger partial charge in [-0.1, -0.05) is 30.3 Å². The van der Waals surface area contributed by atoms with Crippen molar-refractivity contribution in [3.63, 3.8) is 0 Å². The number of pyridine rings is 1. The third-order valence-electron chi connectivity index (χ3n) is 6.70. The molecule has 0 saturated carbocycles. The number of hydrogen-bond acceptors (Lipinski definition) is 5. The van der Waals surface area contributed by atoms with Crippen molar-refractivity contribution in [2.24, 2.45) is 0 Å². The molecule has 0 atom stereocenters. The first-order chi connectivity index (χ1) is 15.7. The van der Waals surface area contributed by atoms with Crippen LogP contribution in [0.1, 0.15) is 27.1 Å². The Morgan fingerprint density at radius 3 is 2.50 bits per heavy atom. The van der Waals surface area contributed by atoms with Crippen LogP contribution in [0.2, 0.25) is 0 Å². The summed E-state index contributed by atoms with van der Waals surface area (Å²) in [5.74, 6) is -0.354. The molecule has 6 rings (SSSR count). The number of imide groups is 1. The summed E-state index contributed by atoms with van der Waals surface area (Å²) in [6, 6.07) is 17.8. The Morgan fingerprint density at radius 1 is 0.812 bits per heavy atom. The minimum Gasteiger partial charge on any atom is -0.314 e. The summed E-state index contributed by atoms with van der Waals surface area (Å²) in [6.45, 7) is 5.38. The van der Waals surface area contributed by atoms with E-state index in [0.717, 1.165) is 71.7 Å². The quantitative estimate of drug-likeness (QED) is 0.309. The van der Waals surface area contributed by atoms with Gasteiger partial charge < -0.3 is 10.2 Å². The molecule has 1 fully saturated rings. The number of rotatable bonds is 4. The lowest BCUT2D eigenvalue weighted by Crippen LogP contribution is -2.44. The maximum Gasteiger partial charge on any atom is 0.262 e. The van der Waals surface area contributed by atoms with Gasteiger partial charge in [-0.3, -0.25) is 14.5 Å². The van der Waals surface area contributed by atoms with E-state index in [1.165, 1.54) is 4.90 Å². The highest BCUT2D eigenvalue weighted by Gasteiger charge is 2.36. The molecule has 4 aromatic rings. The minimum absolute atomic E-state index is 0.177. The Bertz CT molecular complexity index is 1390. The number of carbonyl (C=O) groups excluding carboxylic acids is 2. The highest BCUT2D eigenvalue weighted by molar-refractivity contribution is 6.28. The van der Waals surface area contributed by atoms with E-state index in [2.05, 4.69) is 16.3 Å². The molecule has 2 amide bonds. The topological polar surface area (TPSA) is 65.5 Å². The first-order valence-electron chi connectivity index (χ1n) is 11.3. The molecule has 1 saturated heterocycles. The van der Waals surface area contributed by atoms with Crippen LogP contribution in [-0.2, 0) is 0 Å². The summed E-state index contributed by atoms with van der Waals surface area (Å²) in [6.07, 6.45) is 0.794. The van der Waals surface area contributed by atoms with Gasteiger partial charge in [0.05, 0.1) is 22.2 Å². The van der Waals surface area contributed by atoms with Crippen molar-refractivity contribution >= 4 is 44.4 Å². The number of piperazine rings is 1. The van der Waals surface area contributed by atoms with Crippen LogP contribution in [0.15, 0.2) is 54.6 Å². The summed E-state index contributed by atoms with van der Waals surface area (Å²) in [5, 5.41) is 7.20. The Labute approximate surface area is 185 Å². The van der Waals surface area contributed by atoms with Gasteiger partial charge in [-0.15, -0.1) is 0 Å². The van der Waals surface area contributed by atoms with Crippen LogP contribution in [-0.4, -0.2) is 65.9 Å². The molecule has 2 aliphatic heterocycles. The normalized spacial score (nSPS) is 17.1. The predicted octanol–water partition coefficient (Wildman–Crippen LogP) is 3.43. The van der Waals surface area contributed by atoms with Gasteiger partial charge in [0.25, 0.3) is 11.8 Å². The first-order valence-corrected chi connectivity index (χ1v) is 11.3. The summed E-state index contributed by atoms with van der Waals surface area (Å²) >= 11 is 0. The molecule has 0 unspecified atom stereocenters. The van der Waals surface area contributed by atoms with Gasteiger partial charge in [0, 0.05) is 43.5 Å². The zero-order valence-corrected chi connectivity index (χ0v) is 17.8. The number of amides is 2. The molecular formula is C26H24N4O2. The Morgan fingerprint density at radius 2 is 1.62 bits per heavy atom. The molecule has 6 nitrogen and oxygen atoms in total. The second kappa shape index (κ2) is 7.65. The first kappa shape index (κ1) is 19.3. The maximum atomic E-state index is 13.3. The van der Waals surface area contributed by atoms with Gasteiger partial charge in [-0.2, -0.15) is 0 Å². The molecule has 0 aliphatic carbocycles. The van der Waals surface area contributed by atoms with Crippen LogP contribution in [0, 0.1) is 0 Å². The molecule has 160 valence electrons. The molecular weight excluding hydrogens is 400 g/mol. The lowest BCUT2D eigenvalue weighted by atomic mass is 9.97. The molecule has 1 aromatic heterocycles. The third kappa shape index (κ3) is 3.06. The van der Waals surface area contributed by atoms with Gasteiger partial charge in [0.1, 0.15) is 0 Å². The van der Waals surface area contributed by atoms with E-state index in [4.69, 9.17) is 4.98 Å². The fourth-order valence-corrected chi connectivity index (χ4v) is 5.03. The number of carbonyl (C=O) groups is 2. The van der Waals surface area contributed by atoms with Crippen molar-refractivity contribution in [1.82, 2.24) is 20.1 Å². The fraction of sp³-hybridized carbons (Fsp3) is 0.269. The third-order valence-corrected chi connectivity index (χ3v) is 6.70. The van der Waals surface area contributed by atoms with E-state index >= 15 is 0 Å². The molecule has 3 aromatic carbocycles. The van der Waals surface area contributed by atoms with E-state index in [-0.39, 0.29) is 11.8 Å². The van der Waals surface area contributed by atoms with Gasteiger partial charge in [0.2, 0.25) is 0 Å². The average Bonchev–Trinajstić information content (AvgIpc) is 3.08. The number of aromatic nitrogens is 1. The average molecular weight is 425 g/mol. The van der Waals surface area contributed by atoms with Gasteiger partial charge >= 0.3 is 0 Å². The second-order valence-corrected chi connectivity index (χ2v) is 8.60. The molecule has 3 heterocycles. The number of para-hydroxylation sites is 1. The Hall–Kier alpha value is -3.35. The van der Waals surface area contributed by atoms with Crippen molar-refractivity contribution < 1.29 is 9.59 Å². The number of benzene rings is 3. The number of fused-ring (bicyclic) bond motifs is 6. The van der Waals surface area contributed by atoms with Gasteiger partial charge in [0.15, 0.2) is 0 Å². The van der Waals surface area contributed by atoms with E-state index in [1.807, 2.05) is 48.5 Å². The lowest BCUT2D eigenvalue weighted by molar-refractivity contribution is 0.0647. The number of nitrogens with one attached hydrogen (secondary N) is 1. The van der Waals surface area contributed by atoms with Gasteiger partial charge in [-0.05, 0) is 48.0 Å². The second-order valence-electron chi connectivity index (χ2n) is 8.60. The molecule has 32 heavy (non-hydrogen) atoms. The van der Waals surface area contributed by atoms with E-state index in [1.54, 1.807) is 0 Å². The molecule has 0 spiro atoms. The maximum absolute atomic E-state index is 13.3. The van der Waals surface area contributed by atoms with Crippen molar-refractivity contribution in [2.75, 3.05) is 39.3 Å². The largest absolute Gasteiger partial charge is 0.314 e. The lowest BCUT2D eigenvalue weighted by Gasteiger charge is -2.27. The molecule has 0 bridgehead atoms. The van der Waals surface area contributed by atoms with Crippen molar-refractivity contribution in [3.05, 3.63) is 65.7 Å². The van der Waals surface area contributed by atoms with Crippen LogP contribution in [0.25, 0.3) is 32.6 Å². The number of hydrogen-bond donors (Lipinski definition) is 1. The van der Waals surface area contributed by atoms with Gasteiger partial charge in [-0.25, -0.2) is 4.98 Å². The van der Waals surface area contributed by atoms with Crippen LogP contribution >= 0.6 is 0 Å². The molecule has 0 radical (unpaired) electrons. The Kier molecular flexibility index (Phi) is 4.63. The molecule has 6 heteroatoms. The van der Waals surface area contributed by atoms with Crippen molar-refractivity contribution in [1.29, 1.82) is 0 Å². The Balaban J connectivity index is 1.35. The monoisotopic (exact) mass is 424 g/mol. The molecule has 1 N–H and O–H groups in total. The van der Waals surface area contributed by atoms with E-state index in [0.29, 0.717) is 17.7 Å². The van der Waals surface area contributed by atoms with E-state index < -0.39 is 0 Å².